The summed E-state index contributed by atoms with van der Waals surface area (Å²) in [6.45, 7) is 3.86. The molecular weight excluding hydrogens is 284 g/mol. The Morgan fingerprint density at radius 1 is 0.952 bits per heavy atom. The molecule has 2 N–H and O–H groups in total. The summed E-state index contributed by atoms with van der Waals surface area (Å²) in [4.78, 5) is 0. The molecule has 0 atom stereocenters. The maximum absolute atomic E-state index is 9.96. The molecule has 0 radical (unpaired) electrons. The minimum Gasteiger partial charge on any atom is -0.395 e. The predicted molar refractivity (Wildman–Crippen MR) is 86.9 cm³/mol. The zero-order valence-corrected chi connectivity index (χ0v) is 13.2. The lowest BCUT2D eigenvalue weighted by atomic mass is 9.75. The number of aliphatic hydroxyl groups excluding tert-OH is 2. The minimum absolute atomic E-state index is 0.127. The van der Waals surface area contributed by atoms with E-state index in [0.29, 0.717) is 11.4 Å². The first-order chi connectivity index (χ1) is 10.0. The first kappa shape index (κ1) is 16.0. The summed E-state index contributed by atoms with van der Waals surface area (Å²) < 4.78 is 0. The number of benzene rings is 2. The molecular formula is C18H21ClO2. The van der Waals surface area contributed by atoms with Gasteiger partial charge in [0.2, 0.25) is 0 Å². The van der Waals surface area contributed by atoms with Crippen molar-refractivity contribution < 1.29 is 10.2 Å². The number of hydrogen-bond donors (Lipinski definition) is 2. The van der Waals surface area contributed by atoms with Crippen molar-refractivity contribution in [2.45, 2.75) is 25.7 Å². The zero-order chi connectivity index (χ0) is 15.5. The van der Waals surface area contributed by atoms with Crippen LogP contribution in [-0.2, 0) is 11.8 Å². The first-order valence-corrected chi connectivity index (χ1v) is 7.43. The van der Waals surface area contributed by atoms with E-state index in [1.54, 1.807) is 6.07 Å². The molecule has 0 heterocycles. The molecule has 112 valence electrons. The lowest BCUT2D eigenvalue weighted by Crippen LogP contribution is -2.37. The van der Waals surface area contributed by atoms with E-state index in [1.807, 2.05) is 24.3 Å². The Kier molecular flexibility index (Phi) is 5.04. The van der Waals surface area contributed by atoms with Crippen LogP contribution in [-0.4, -0.2) is 23.4 Å². The Balaban J connectivity index is 2.48. The normalized spacial score (nSPS) is 11.7. The molecule has 0 aliphatic rings. The van der Waals surface area contributed by atoms with Crippen molar-refractivity contribution in [3.05, 3.63) is 69.7 Å². The Bertz CT molecular complexity index is 598. The van der Waals surface area contributed by atoms with Crippen molar-refractivity contribution in [3.8, 4) is 0 Å². The van der Waals surface area contributed by atoms with E-state index in [-0.39, 0.29) is 13.2 Å². The van der Waals surface area contributed by atoms with Crippen LogP contribution in [0.15, 0.2) is 42.5 Å². The molecule has 0 aliphatic heterocycles. The highest BCUT2D eigenvalue weighted by Crippen LogP contribution is 2.31. The van der Waals surface area contributed by atoms with E-state index < -0.39 is 5.41 Å². The number of halogens is 1. The van der Waals surface area contributed by atoms with E-state index in [0.717, 1.165) is 5.56 Å². The lowest BCUT2D eigenvalue weighted by molar-refractivity contribution is 0.116. The highest BCUT2D eigenvalue weighted by molar-refractivity contribution is 6.30. The summed E-state index contributed by atoms with van der Waals surface area (Å²) >= 11 is 6.07. The van der Waals surface area contributed by atoms with Crippen LogP contribution in [0.3, 0.4) is 0 Å². The predicted octanol–water partition coefficient (Wildman–Crippen LogP) is 3.42. The SMILES string of the molecule is Cc1cccc(C)c1CC(CO)(CO)c1cccc(Cl)c1. The third-order valence-corrected chi connectivity index (χ3v) is 4.44. The fraction of sp³-hybridized carbons (Fsp3) is 0.333. The van der Waals surface area contributed by atoms with Crippen LogP contribution in [0.4, 0.5) is 0 Å². The third-order valence-electron chi connectivity index (χ3n) is 4.20. The smallest absolute Gasteiger partial charge is 0.0553 e. The summed E-state index contributed by atoms with van der Waals surface area (Å²) in [6.07, 6.45) is 0.582. The van der Waals surface area contributed by atoms with E-state index in [9.17, 15) is 10.2 Å². The Morgan fingerprint density at radius 2 is 1.52 bits per heavy atom. The lowest BCUT2D eigenvalue weighted by Gasteiger charge is -2.32. The second kappa shape index (κ2) is 6.61. The Morgan fingerprint density at radius 3 is 2.05 bits per heavy atom. The van der Waals surface area contributed by atoms with Gasteiger partial charge in [-0.15, -0.1) is 0 Å². The average Bonchev–Trinajstić information content (AvgIpc) is 2.48. The number of aryl methyl sites for hydroxylation is 2. The van der Waals surface area contributed by atoms with Crippen LogP contribution in [0.1, 0.15) is 22.3 Å². The van der Waals surface area contributed by atoms with Gasteiger partial charge < -0.3 is 10.2 Å². The number of aliphatic hydroxyl groups is 2. The molecule has 0 spiro atoms. The Hall–Kier alpha value is -1.35. The third kappa shape index (κ3) is 3.29. The monoisotopic (exact) mass is 304 g/mol. The van der Waals surface area contributed by atoms with E-state index >= 15 is 0 Å². The zero-order valence-electron chi connectivity index (χ0n) is 12.4. The fourth-order valence-corrected chi connectivity index (χ4v) is 2.92. The molecule has 2 aromatic rings. The standard InChI is InChI=1S/C18H21ClO2/c1-13-5-3-6-14(2)17(13)10-18(11-20,12-21)15-7-4-8-16(19)9-15/h3-9,20-21H,10-12H2,1-2H3. The van der Waals surface area contributed by atoms with Crippen molar-refractivity contribution in [1.29, 1.82) is 0 Å². The number of rotatable bonds is 5. The molecule has 3 heteroatoms. The number of hydrogen-bond acceptors (Lipinski definition) is 2. The highest BCUT2D eigenvalue weighted by atomic mass is 35.5. The van der Waals surface area contributed by atoms with Crippen molar-refractivity contribution in [2.24, 2.45) is 0 Å². The molecule has 0 amide bonds. The van der Waals surface area contributed by atoms with Gasteiger partial charge >= 0.3 is 0 Å². The molecule has 2 aromatic carbocycles. The van der Waals surface area contributed by atoms with Crippen LogP contribution in [0, 0.1) is 13.8 Å². The van der Waals surface area contributed by atoms with E-state index in [4.69, 9.17) is 11.6 Å². The van der Waals surface area contributed by atoms with Gasteiger partial charge in [0.05, 0.1) is 13.2 Å². The molecule has 0 saturated carbocycles. The van der Waals surface area contributed by atoms with Gasteiger partial charge in [-0.1, -0.05) is 41.9 Å². The van der Waals surface area contributed by atoms with Gasteiger partial charge in [-0.3, -0.25) is 0 Å². The van der Waals surface area contributed by atoms with Crippen LogP contribution in [0.25, 0.3) is 0 Å². The van der Waals surface area contributed by atoms with Crippen molar-refractivity contribution in [1.82, 2.24) is 0 Å². The van der Waals surface area contributed by atoms with E-state index in [2.05, 4.69) is 26.0 Å². The summed E-state index contributed by atoms with van der Waals surface area (Å²) in [5, 5.41) is 20.5. The van der Waals surface area contributed by atoms with Crippen molar-refractivity contribution >= 4 is 11.6 Å². The molecule has 21 heavy (non-hydrogen) atoms. The maximum Gasteiger partial charge on any atom is 0.0553 e. The van der Waals surface area contributed by atoms with Gasteiger partial charge in [0, 0.05) is 10.4 Å². The van der Waals surface area contributed by atoms with Crippen molar-refractivity contribution in [2.75, 3.05) is 13.2 Å². The van der Waals surface area contributed by atoms with Gasteiger partial charge in [0.25, 0.3) is 0 Å². The van der Waals surface area contributed by atoms with Gasteiger partial charge in [0.1, 0.15) is 0 Å². The summed E-state index contributed by atoms with van der Waals surface area (Å²) in [5.41, 5.74) is 3.65. The van der Waals surface area contributed by atoms with Gasteiger partial charge in [-0.2, -0.15) is 0 Å². The van der Waals surface area contributed by atoms with Crippen LogP contribution in [0.5, 0.6) is 0 Å². The summed E-state index contributed by atoms with van der Waals surface area (Å²) in [6, 6.07) is 13.5. The average molecular weight is 305 g/mol. The van der Waals surface area contributed by atoms with Gasteiger partial charge in [-0.25, -0.2) is 0 Å². The van der Waals surface area contributed by atoms with Crippen LogP contribution < -0.4 is 0 Å². The van der Waals surface area contributed by atoms with Crippen LogP contribution in [0.2, 0.25) is 5.02 Å². The summed E-state index contributed by atoms with van der Waals surface area (Å²) in [7, 11) is 0. The van der Waals surface area contributed by atoms with Crippen molar-refractivity contribution in [3.63, 3.8) is 0 Å². The molecule has 0 aromatic heterocycles. The molecule has 0 saturated heterocycles. The molecule has 0 aliphatic carbocycles. The fourth-order valence-electron chi connectivity index (χ4n) is 2.73. The Labute approximate surface area is 131 Å². The quantitative estimate of drug-likeness (QED) is 0.888. The highest BCUT2D eigenvalue weighted by Gasteiger charge is 2.32. The second-order valence-electron chi connectivity index (χ2n) is 5.65. The van der Waals surface area contributed by atoms with Gasteiger partial charge in [-0.05, 0) is 54.7 Å². The molecule has 2 rings (SSSR count). The first-order valence-electron chi connectivity index (χ1n) is 7.05. The maximum atomic E-state index is 9.96. The van der Waals surface area contributed by atoms with Crippen LogP contribution >= 0.6 is 11.6 Å². The molecule has 2 nitrogen and oxygen atoms in total. The second-order valence-corrected chi connectivity index (χ2v) is 6.09. The topological polar surface area (TPSA) is 40.5 Å². The molecule has 0 fully saturated rings. The van der Waals surface area contributed by atoms with Gasteiger partial charge in [0.15, 0.2) is 0 Å². The van der Waals surface area contributed by atoms with E-state index in [1.165, 1.54) is 16.7 Å². The largest absolute Gasteiger partial charge is 0.395 e. The summed E-state index contributed by atoms with van der Waals surface area (Å²) in [5.74, 6) is 0. The minimum atomic E-state index is -0.720. The molecule has 0 unspecified atom stereocenters. The molecule has 0 bridgehead atoms.